The first-order valence-electron chi connectivity index (χ1n) is 24.2. The predicted octanol–water partition coefficient (Wildman–Crippen LogP) is 10.3. The Balaban J connectivity index is 1.42. The minimum absolute atomic E-state index is 0.343. The summed E-state index contributed by atoms with van der Waals surface area (Å²) in [6.45, 7) is 0. The monoisotopic (exact) mass is 588 g/mol. The van der Waals surface area contributed by atoms with Crippen molar-refractivity contribution in [3.05, 3.63) is 139 Å². The molecule has 6 aromatic carbocycles. The molecule has 9 rings (SSSR count). The van der Waals surface area contributed by atoms with Crippen LogP contribution >= 0.6 is 0 Å². The number of rotatable bonds is 4. The lowest BCUT2D eigenvalue weighted by atomic mass is 10.0. The van der Waals surface area contributed by atoms with Crippen molar-refractivity contribution in [2.24, 2.45) is 0 Å². The summed E-state index contributed by atoms with van der Waals surface area (Å²) in [5.41, 5.74) is -5.30. The molecule has 0 bridgehead atoms. The van der Waals surface area contributed by atoms with Crippen molar-refractivity contribution in [2.45, 2.75) is 0 Å². The first kappa shape index (κ1) is 10.9. The van der Waals surface area contributed by atoms with Crippen LogP contribution in [0.3, 0.4) is 0 Å². The van der Waals surface area contributed by atoms with Gasteiger partial charge < -0.3 is 8.83 Å². The normalized spacial score (nSPS) is 19.0. The lowest BCUT2D eigenvalue weighted by Crippen LogP contribution is -2.00. The van der Waals surface area contributed by atoms with Crippen molar-refractivity contribution in [1.29, 1.82) is 0 Å². The lowest BCUT2D eigenvalue weighted by molar-refractivity contribution is 0.668. The summed E-state index contributed by atoms with van der Waals surface area (Å²) in [7, 11) is 0. The topological polar surface area (TPSA) is 65.0 Å². The van der Waals surface area contributed by atoms with E-state index in [4.69, 9.17) is 34.9 Å². The van der Waals surface area contributed by atoms with E-state index in [0.29, 0.717) is 0 Å². The first-order chi connectivity index (χ1) is 31.4. The Morgan fingerprint density at radius 1 is 0.386 bits per heavy atom. The van der Waals surface area contributed by atoms with Gasteiger partial charge in [-0.3, -0.25) is 0 Å². The largest absolute Gasteiger partial charge is 0.456 e. The summed E-state index contributed by atoms with van der Waals surface area (Å²) in [4.78, 5) is 13.0. The van der Waals surface area contributed by atoms with Crippen LogP contribution in [-0.4, -0.2) is 15.0 Å². The van der Waals surface area contributed by atoms with E-state index in [1.807, 2.05) is 0 Å². The number of hydrogen-bond acceptors (Lipinski definition) is 5. The van der Waals surface area contributed by atoms with E-state index in [2.05, 4.69) is 15.0 Å². The second kappa shape index (κ2) is 9.75. The Morgan fingerprint density at radius 2 is 1.02 bits per heavy atom. The maximum Gasteiger partial charge on any atom is 0.167 e. The zero-order valence-corrected chi connectivity index (χ0v) is 21.7. The minimum Gasteiger partial charge on any atom is -0.456 e. The van der Waals surface area contributed by atoms with Crippen LogP contribution in [0, 0.1) is 0 Å². The minimum atomic E-state index is -0.888. The van der Waals surface area contributed by atoms with Crippen LogP contribution in [0.15, 0.2) is 148 Å². The molecule has 5 heteroatoms. The van der Waals surface area contributed by atoms with Crippen LogP contribution in [0.2, 0.25) is 0 Å². The molecule has 0 amide bonds. The van der Waals surface area contributed by atoms with Crippen LogP contribution in [0.5, 0.6) is 0 Å². The molecule has 0 radical (unpaired) electrons. The van der Waals surface area contributed by atoms with Gasteiger partial charge in [0.15, 0.2) is 17.5 Å². The summed E-state index contributed by atoms with van der Waals surface area (Å²) in [5.74, 6) is -2.22. The Labute approximate surface area is 284 Å². The predicted molar refractivity (Wildman–Crippen MR) is 176 cm³/mol. The average Bonchev–Trinajstić information content (AvgIpc) is 3.90. The molecular weight excluding hydrogens is 542 g/mol. The smallest absolute Gasteiger partial charge is 0.167 e. The lowest BCUT2D eigenvalue weighted by Gasteiger charge is -2.09. The highest BCUT2D eigenvalue weighted by atomic mass is 16.3. The molecule has 3 heterocycles. The molecule has 0 saturated heterocycles. The molecule has 0 aliphatic rings. The van der Waals surface area contributed by atoms with E-state index in [1.165, 1.54) is 0 Å². The van der Waals surface area contributed by atoms with Gasteiger partial charge >= 0.3 is 0 Å². The molecule has 0 spiro atoms. The second-order valence-corrected chi connectivity index (χ2v) is 9.08. The van der Waals surface area contributed by atoms with Gasteiger partial charge in [-0.25, -0.2) is 15.0 Å². The maximum atomic E-state index is 9.39. The fourth-order valence-corrected chi connectivity index (χ4v) is 4.56. The van der Waals surface area contributed by atoms with Gasteiger partial charge in [0, 0.05) is 32.7 Å². The summed E-state index contributed by atoms with van der Waals surface area (Å²) in [5, 5.41) is -1.61. The van der Waals surface area contributed by atoms with Crippen molar-refractivity contribution in [1.82, 2.24) is 15.0 Å². The molecule has 9 aromatic rings. The van der Waals surface area contributed by atoms with Crippen LogP contribution in [-0.2, 0) is 0 Å². The van der Waals surface area contributed by atoms with Crippen LogP contribution in [0.1, 0.15) is 31.5 Å². The van der Waals surface area contributed by atoms with E-state index < -0.39 is 217 Å². The van der Waals surface area contributed by atoms with E-state index >= 15 is 0 Å². The molecule has 0 N–H and O–H groups in total. The van der Waals surface area contributed by atoms with Gasteiger partial charge in [0.05, 0.1) is 37.1 Å². The van der Waals surface area contributed by atoms with Gasteiger partial charge in [0.2, 0.25) is 0 Å². The van der Waals surface area contributed by atoms with Gasteiger partial charge in [0.25, 0.3) is 0 Å². The summed E-state index contributed by atoms with van der Waals surface area (Å²) in [6.07, 6.45) is 0. The number of aromatic nitrogens is 3. The van der Waals surface area contributed by atoms with Crippen LogP contribution in [0.4, 0.5) is 0 Å². The highest BCUT2D eigenvalue weighted by molar-refractivity contribution is 6.09. The molecule has 3 aromatic heterocycles. The van der Waals surface area contributed by atoms with Crippen molar-refractivity contribution in [3.63, 3.8) is 0 Å². The van der Waals surface area contributed by atoms with Crippen molar-refractivity contribution in [2.75, 3.05) is 0 Å². The molecule has 44 heavy (non-hydrogen) atoms. The second-order valence-electron chi connectivity index (χ2n) is 9.08. The molecule has 0 aliphatic heterocycles. The number of furan rings is 2. The summed E-state index contributed by atoms with van der Waals surface area (Å²) < 4.78 is 210. The average molecular weight is 589 g/mol. The third kappa shape index (κ3) is 3.98. The van der Waals surface area contributed by atoms with Gasteiger partial charge in [-0.05, 0) is 47.4 Å². The molecule has 0 saturated carbocycles. The van der Waals surface area contributed by atoms with Gasteiger partial charge in [0.1, 0.15) is 22.3 Å². The molecule has 0 fully saturated rings. The number of para-hydroxylation sites is 2. The fourth-order valence-electron chi connectivity index (χ4n) is 4.56. The zero-order valence-electron chi connectivity index (χ0n) is 44.7. The number of nitrogens with zero attached hydrogens (tertiary/aromatic N) is 3. The van der Waals surface area contributed by atoms with Crippen LogP contribution < -0.4 is 0 Å². The van der Waals surface area contributed by atoms with Crippen LogP contribution in [0.25, 0.3) is 89.2 Å². The van der Waals surface area contributed by atoms with E-state index in [0.717, 1.165) is 0 Å². The maximum absolute atomic E-state index is 9.39. The molecule has 206 valence electrons. The quantitative estimate of drug-likeness (QED) is 0.205. The van der Waals surface area contributed by atoms with Gasteiger partial charge in [-0.2, -0.15) is 0 Å². The molecular formula is C39H23N3O2. The van der Waals surface area contributed by atoms with Crippen molar-refractivity contribution < 1.29 is 40.4 Å². The number of benzene rings is 6. The molecule has 0 unspecified atom stereocenters. The third-order valence-corrected chi connectivity index (χ3v) is 6.50. The summed E-state index contributed by atoms with van der Waals surface area (Å²) >= 11 is 0. The number of fused-ring (bicyclic) bond motifs is 6. The first-order valence-corrected chi connectivity index (χ1v) is 12.7. The molecule has 0 atom stereocenters. The SMILES string of the molecule is [2H]c1c([2H])c([2H])c(-c2nc(-c3c([2H])c([2H])c4c(oc5c([2H])c([2H])c(-c6c([2H])c([2H])c([2H])c([2H])c6[2H])c([2H])c54)c3[2H])nc(-c3c([2H])c([2H])c([2H])c4c3oc3c([2H])c([2H])c([2H])c([2H])c34)n2)c([2H])c1[2H]. The Kier molecular flexibility index (Phi) is 2.41. The fraction of sp³-hybridized carbons (Fsp3) is 0. The molecule has 0 aliphatic carbocycles. The van der Waals surface area contributed by atoms with E-state index in [9.17, 15) is 5.48 Å². The van der Waals surface area contributed by atoms with E-state index in [-0.39, 0.29) is 10.8 Å². The Hall–Kier alpha value is -6.07. The van der Waals surface area contributed by atoms with Gasteiger partial charge in [-0.15, -0.1) is 0 Å². The van der Waals surface area contributed by atoms with E-state index in [1.54, 1.807) is 0 Å². The van der Waals surface area contributed by atoms with Crippen molar-refractivity contribution >= 4 is 43.9 Å². The summed E-state index contributed by atoms with van der Waals surface area (Å²) in [6, 6.07) is -18.2. The molecule has 5 nitrogen and oxygen atoms in total. The Bertz CT molecular complexity index is 3750. The highest BCUT2D eigenvalue weighted by Gasteiger charge is 2.18. The standard InChI is InChI=1S/C39H23N3O2/c1-3-10-24(11-4-1)26-19-21-34-32(22-26)29-20-18-27(23-35(29)43-34)38-40-37(25-12-5-2-6-13-25)41-39(42-38)31-16-9-15-30-28-14-7-8-17-33(28)44-36(30)31/h1-23H/i1D,2D,3D,4D,5D,6D,7D,8D,9D,10D,11D,12D,13D,14D,15D,16D,17D,18D,19D,20D,21D,22D,23D. The Morgan fingerprint density at radius 3 is 1.86 bits per heavy atom. The van der Waals surface area contributed by atoms with Gasteiger partial charge in [-0.1, -0.05) is 103 Å². The highest BCUT2D eigenvalue weighted by Crippen LogP contribution is 2.37. The third-order valence-electron chi connectivity index (χ3n) is 6.50. The van der Waals surface area contributed by atoms with Crippen molar-refractivity contribution in [3.8, 4) is 45.3 Å². The number of hydrogen-bond donors (Lipinski definition) is 0. The zero-order chi connectivity index (χ0) is 49.1.